The van der Waals surface area contributed by atoms with Crippen LogP contribution in [0, 0.1) is 0 Å². The van der Waals surface area contributed by atoms with Crippen molar-refractivity contribution in [1.29, 1.82) is 0 Å². The molecule has 0 saturated heterocycles. The summed E-state index contributed by atoms with van der Waals surface area (Å²) in [6.45, 7) is 2.36. The molecule has 0 spiro atoms. The van der Waals surface area contributed by atoms with E-state index >= 15 is 0 Å². The molecule has 1 N–H and O–H groups in total. The number of halogens is 1. The molecule has 3 rings (SSSR count). The maximum atomic E-state index is 12.6. The van der Waals surface area contributed by atoms with Crippen LogP contribution in [-0.2, 0) is 12.8 Å². The average Bonchev–Trinajstić information content (AvgIpc) is 3.10. The van der Waals surface area contributed by atoms with Gasteiger partial charge in [-0.3, -0.25) is 4.79 Å². The van der Waals surface area contributed by atoms with Gasteiger partial charge in [0.25, 0.3) is 5.91 Å². The van der Waals surface area contributed by atoms with E-state index in [1.165, 1.54) is 6.07 Å². The number of aromatic carboxylic acids is 1. The molecule has 6 heteroatoms. The summed E-state index contributed by atoms with van der Waals surface area (Å²) in [6.07, 6.45) is 1.21. The van der Waals surface area contributed by atoms with E-state index in [1.807, 2.05) is 18.2 Å². The van der Waals surface area contributed by atoms with E-state index in [2.05, 4.69) is 15.9 Å². The topological polar surface area (TPSA) is 70.8 Å². The fraction of sp³-hybridized carbons (Fsp3) is 0.250. The minimum atomic E-state index is -1.08. The molecule has 1 aromatic carbocycles. The van der Waals surface area contributed by atoms with Gasteiger partial charge in [-0.2, -0.15) is 0 Å². The number of nitrogens with zero attached hydrogens (tertiary/aromatic N) is 1. The monoisotopic (exact) mass is 363 g/mol. The van der Waals surface area contributed by atoms with Gasteiger partial charge in [0.05, 0.1) is 0 Å². The first-order chi connectivity index (χ1) is 10.5. The molecule has 0 saturated carbocycles. The van der Waals surface area contributed by atoms with Crippen LogP contribution in [0.1, 0.15) is 39.2 Å². The predicted molar refractivity (Wildman–Crippen MR) is 84.6 cm³/mol. The van der Waals surface area contributed by atoms with Gasteiger partial charge in [-0.1, -0.05) is 28.9 Å². The molecule has 2 heterocycles. The first-order valence-electron chi connectivity index (χ1n) is 6.97. The predicted octanol–water partition coefficient (Wildman–Crippen LogP) is 3.51. The lowest BCUT2D eigenvalue weighted by Gasteiger charge is -2.15. The van der Waals surface area contributed by atoms with Crippen LogP contribution in [0.3, 0.4) is 0 Å². The van der Waals surface area contributed by atoms with Crippen LogP contribution < -0.4 is 4.90 Å². The van der Waals surface area contributed by atoms with Crippen molar-refractivity contribution in [3.63, 3.8) is 0 Å². The minimum Gasteiger partial charge on any atom is -0.478 e. The van der Waals surface area contributed by atoms with Gasteiger partial charge in [-0.25, -0.2) is 4.79 Å². The summed E-state index contributed by atoms with van der Waals surface area (Å²) in [4.78, 5) is 25.5. The second kappa shape index (κ2) is 5.61. The van der Waals surface area contributed by atoms with Crippen molar-refractivity contribution in [3.8, 4) is 0 Å². The molecule has 2 aromatic rings. The fourth-order valence-corrected chi connectivity index (χ4v) is 3.02. The lowest BCUT2D eigenvalue weighted by Crippen LogP contribution is -2.28. The van der Waals surface area contributed by atoms with E-state index in [4.69, 9.17) is 9.52 Å². The van der Waals surface area contributed by atoms with Crippen molar-refractivity contribution in [2.45, 2.75) is 19.8 Å². The van der Waals surface area contributed by atoms with Gasteiger partial charge in [-0.15, -0.1) is 0 Å². The number of hydrogen-bond donors (Lipinski definition) is 1. The van der Waals surface area contributed by atoms with E-state index in [9.17, 15) is 9.59 Å². The second-order valence-corrected chi connectivity index (χ2v) is 6.00. The number of carboxylic acid groups (broad SMARTS) is 1. The molecule has 1 aromatic heterocycles. The lowest BCUT2D eigenvalue weighted by molar-refractivity contribution is 0.0694. The number of anilines is 1. The van der Waals surface area contributed by atoms with Crippen molar-refractivity contribution in [1.82, 2.24) is 0 Å². The molecule has 1 amide bonds. The summed E-state index contributed by atoms with van der Waals surface area (Å²) in [6, 6.07) is 7.13. The molecule has 0 aliphatic carbocycles. The van der Waals surface area contributed by atoms with E-state index in [0.29, 0.717) is 18.7 Å². The SMILES string of the molecule is CCc1oc(C(=O)N2CCc3ccc(Br)cc32)cc1C(=O)O. The number of benzene rings is 1. The highest BCUT2D eigenvalue weighted by molar-refractivity contribution is 9.10. The number of amides is 1. The molecular weight excluding hydrogens is 350 g/mol. The number of hydrogen-bond acceptors (Lipinski definition) is 3. The number of fused-ring (bicyclic) bond motifs is 1. The summed E-state index contributed by atoms with van der Waals surface area (Å²) >= 11 is 3.40. The van der Waals surface area contributed by atoms with Crippen LogP contribution in [0.2, 0.25) is 0 Å². The quantitative estimate of drug-likeness (QED) is 0.905. The molecule has 0 unspecified atom stereocenters. The van der Waals surface area contributed by atoms with Crippen molar-refractivity contribution in [2.75, 3.05) is 11.4 Å². The maximum Gasteiger partial charge on any atom is 0.339 e. The lowest BCUT2D eigenvalue weighted by atomic mass is 10.2. The summed E-state index contributed by atoms with van der Waals surface area (Å²) in [7, 11) is 0. The Balaban J connectivity index is 1.97. The van der Waals surface area contributed by atoms with Gasteiger partial charge in [0.2, 0.25) is 0 Å². The summed E-state index contributed by atoms with van der Waals surface area (Å²) in [5.74, 6) is -0.991. The molecule has 5 nitrogen and oxygen atoms in total. The third-order valence-corrected chi connectivity index (χ3v) is 4.25. The molecule has 0 fully saturated rings. The Hall–Kier alpha value is -2.08. The second-order valence-electron chi connectivity index (χ2n) is 5.09. The first kappa shape index (κ1) is 14.8. The smallest absolute Gasteiger partial charge is 0.339 e. The van der Waals surface area contributed by atoms with Gasteiger partial charge in [-0.05, 0) is 24.1 Å². The highest BCUT2D eigenvalue weighted by Gasteiger charge is 2.29. The number of carbonyl (C=O) groups is 2. The Morgan fingerprint density at radius 3 is 2.77 bits per heavy atom. The summed E-state index contributed by atoms with van der Waals surface area (Å²) < 4.78 is 6.36. The van der Waals surface area contributed by atoms with Crippen LogP contribution >= 0.6 is 15.9 Å². The summed E-state index contributed by atoms with van der Waals surface area (Å²) in [5.41, 5.74) is 1.99. The zero-order valence-corrected chi connectivity index (χ0v) is 13.5. The number of carbonyl (C=O) groups excluding carboxylic acids is 1. The van der Waals surface area contributed by atoms with Crippen LogP contribution in [0.25, 0.3) is 0 Å². The molecule has 114 valence electrons. The van der Waals surface area contributed by atoms with E-state index in [0.717, 1.165) is 22.1 Å². The third-order valence-electron chi connectivity index (χ3n) is 3.76. The van der Waals surface area contributed by atoms with E-state index in [-0.39, 0.29) is 17.2 Å². The minimum absolute atomic E-state index is 0.0551. The molecule has 1 aliphatic rings. The Labute approximate surface area is 135 Å². The van der Waals surface area contributed by atoms with Gasteiger partial charge in [0.1, 0.15) is 11.3 Å². The zero-order valence-electron chi connectivity index (χ0n) is 11.9. The maximum absolute atomic E-state index is 12.6. The molecule has 0 atom stereocenters. The Bertz CT molecular complexity index is 766. The number of aryl methyl sites for hydroxylation is 1. The molecule has 0 radical (unpaired) electrons. The van der Waals surface area contributed by atoms with Gasteiger partial charge in [0.15, 0.2) is 5.76 Å². The van der Waals surface area contributed by atoms with E-state index < -0.39 is 5.97 Å². The Kier molecular flexibility index (Phi) is 3.78. The Morgan fingerprint density at radius 1 is 1.36 bits per heavy atom. The van der Waals surface area contributed by atoms with Crippen molar-refractivity contribution in [2.24, 2.45) is 0 Å². The highest BCUT2D eigenvalue weighted by atomic mass is 79.9. The highest BCUT2D eigenvalue weighted by Crippen LogP contribution is 2.32. The van der Waals surface area contributed by atoms with Crippen LogP contribution in [0.4, 0.5) is 5.69 Å². The largest absolute Gasteiger partial charge is 0.478 e. The summed E-state index contributed by atoms with van der Waals surface area (Å²) in [5, 5.41) is 9.16. The normalized spacial score (nSPS) is 13.3. The zero-order chi connectivity index (χ0) is 15.9. The fourth-order valence-electron chi connectivity index (χ4n) is 2.67. The average molecular weight is 364 g/mol. The van der Waals surface area contributed by atoms with Gasteiger partial charge in [0, 0.05) is 29.2 Å². The van der Waals surface area contributed by atoms with Crippen molar-refractivity contribution >= 4 is 33.5 Å². The van der Waals surface area contributed by atoms with Crippen molar-refractivity contribution < 1.29 is 19.1 Å². The van der Waals surface area contributed by atoms with E-state index in [1.54, 1.807) is 11.8 Å². The van der Waals surface area contributed by atoms with Crippen LogP contribution in [0.5, 0.6) is 0 Å². The number of carboxylic acids is 1. The number of rotatable bonds is 3. The standard InChI is InChI=1S/C16H14BrNO4/c1-2-13-11(16(20)21)8-14(22-13)15(19)18-6-5-9-3-4-10(17)7-12(9)18/h3-4,7-8H,2,5-6H2,1H3,(H,20,21). The van der Waals surface area contributed by atoms with Crippen molar-refractivity contribution in [3.05, 3.63) is 51.4 Å². The van der Waals surface area contributed by atoms with Crippen LogP contribution in [-0.4, -0.2) is 23.5 Å². The molecule has 0 bridgehead atoms. The molecular formula is C16H14BrNO4. The third kappa shape index (κ3) is 2.43. The first-order valence-corrected chi connectivity index (χ1v) is 7.77. The number of furan rings is 1. The molecule has 22 heavy (non-hydrogen) atoms. The Morgan fingerprint density at radius 2 is 2.14 bits per heavy atom. The molecule has 1 aliphatic heterocycles. The van der Waals surface area contributed by atoms with Gasteiger partial charge >= 0.3 is 5.97 Å². The van der Waals surface area contributed by atoms with Gasteiger partial charge < -0.3 is 14.4 Å². The van der Waals surface area contributed by atoms with Crippen LogP contribution in [0.15, 0.2) is 33.2 Å².